The molecule has 0 aliphatic rings. The van der Waals surface area contributed by atoms with Crippen molar-refractivity contribution in [2.75, 3.05) is 0 Å². The first-order valence-corrected chi connectivity index (χ1v) is 5.65. The minimum Gasteiger partial charge on any atom is -0.437 e. The highest BCUT2D eigenvalue weighted by molar-refractivity contribution is 6.32. The molecule has 0 aliphatic carbocycles. The fourth-order valence-electron chi connectivity index (χ4n) is 1.25. The lowest BCUT2D eigenvalue weighted by molar-refractivity contribution is -0.137. The number of aromatic nitrogens is 2. The van der Waals surface area contributed by atoms with Crippen LogP contribution in [0.3, 0.4) is 0 Å². The predicted molar refractivity (Wildman–Crippen MR) is 63.6 cm³/mol. The minimum atomic E-state index is -4.48. The first-order chi connectivity index (χ1) is 8.86. The van der Waals surface area contributed by atoms with Crippen molar-refractivity contribution < 1.29 is 17.9 Å². The highest BCUT2D eigenvalue weighted by Gasteiger charge is 2.31. The van der Waals surface area contributed by atoms with E-state index in [0.29, 0.717) is 0 Å². The third-order valence-electron chi connectivity index (χ3n) is 2.07. The molecule has 0 radical (unpaired) electrons. The Labute approximate surface area is 116 Å². The van der Waals surface area contributed by atoms with Gasteiger partial charge in [0.25, 0.3) is 0 Å². The van der Waals surface area contributed by atoms with Gasteiger partial charge in [-0.25, -0.2) is 4.98 Å². The Bertz CT molecular complexity index is 605. The van der Waals surface area contributed by atoms with E-state index in [-0.39, 0.29) is 21.9 Å². The first kappa shape index (κ1) is 13.9. The smallest absolute Gasteiger partial charge is 0.416 e. The molecule has 3 nitrogen and oxygen atoms in total. The Morgan fingerprint density at radius 3 is 2.47 bits per heavy atom. The molecule has 100 valence electrons. The van der Waals surface area contributed by atoms with Gasteiger partial charge in [0.1, 0.15) is 5.75 Å². The number of alkyl halides is 3. The van der Waals surface area contributed by atoms with E-state index in [4.69, 9.17) is 27.9 Å². The van der Waals surface area contributed by atoms with Gasteiger partial charge in [-0.1, -0.05) is 11.6 Å². The molecule has 1 aromatic heterocycles. The molecule has 1 heterocycles. The SMILES string of the molecule is FC(F)(F)c1ccc(Cl)c(Oc2ccnc(Cl)n2)c1. The van der Waals surface area contributed by atoms with Crippen molar-refractivity contribution in [2.24, 2.45) is 0 Å². The number of nitrogens with zero attached hydrogens (tertiary/aromatic N) is 2. The van der Waals surface area contributed by atoms with Crippen LogP contribution >= 0.6 is 23.2 Å². The molecule has 0 amide bonds. The van der Waals surface area contributed by atoms with Crippen LogP contribution in [0, 0.1) is 0 Å². The Morgan fingerprint density at radius 1 is 1.11 bits per heavy atom. The third-order valence-corrected chi connectivity index (χ3v) is 2.57. The molecule has 2 rings (SSSR count). The van der Waals surface area contributed by atoms with Gasteiger partial charge in [-0.05, 0) is 29.8 Å². The summed E-state index contributed by atoms with van der Waals surface area (Å²) < 4.78 is 42.8. The van der Waals surface area contributed by atoms with Gasteiger partial charge >= 0.3 is 6.18 Å². The van der Waals surface area contributed by atoms with Crippen molar-refractivity contribution in [3.63, 3.8) is 0 Å². The second kappa shape index (κ2) is 5.22. The molecule has 0 N–H and O–H groups in total. The van der Waals surface area contributed by atoms with E-state index in [1.165, 1.54) is 12.3 Å². The highest BCUT2D eigenvalue weighted by atomic mass is 35.5. The summed E-state index contributed by atoms with van der Waals surface area (Å²) in [6.07, 6.45) is -3.17. The number of hydrogen-bond acceptors (Lipinski definition) is 3. The molecule has 8 heteroatoms. The van der Waals surface area contributed by atoms with Crippen LogP contribution in [-0.2, 0) is 6.18 Å². The second-order valence-electron chi connectivity index (χ2n) is 3.41. The van der Waals surface area contributed by atoms with Gasteiger partial charge in [-0.15, -0.1) is 0 Å². The van der Waals surface area contributed by atoms with Crippen LogP contribution in [0.15, 0.2) is 30.5 Å². The normalized spacial score (nSPS) is 11.4. The molecule has 0 saturated heterocycles. The van der Waals surface area contributed by atoms with Gasteiger partial charge in [-0.2, -0.15) is 18.2 Å². The Hall–Kier alpha value is -1.53. The number of halogens is 5. The zero-order chi connectivity index (χ0) is 14.0. The second-order valence-corrected chi connectivity index (χ2v) is 4.15. The van der Waals surface area contributed by atoms with Crippen molar-refractivity contribution in [2.45, 2.75) is 6.18 Å². The fourth-order valence-corrected chi connectivity index (χ4v) is 1.54. The van der Waals surface area contributed by atoms with Gasteiger partial charge in [0.15, 0.2) is 0 Å². The maximum Gasteiger partial charge on any atom is 0.416 e. The van der Waals surface area contributed by atoms with Crippen LogP contribution in [0.2, 0.25) is 10.3 Å². The van der Waals surface area contributed by atoms with Crippen LogP contribution in [0.4, 0.5) is 13.2 Å². The van der Waals surface area contributed by atoms with Crippen molar-refractivity contribution in [1.82, 2.24) is 9.97 Å². The lowest BCUT2D eigenvalue weighted by Crippen LogP contribution is -2.05. The minimum absolute atomic E-state index is 0.00113. The Balaban J connectivity index is 2.34. The van der Waals surface area contributed by atoms with E-state index < -0.39 is 11.7 Å². The Kier molecular flexibility index (Phi) is 3.82. The summed E-state index contributed by atoms with van der Waals surface area (Å²) in [5.74, 6) is -0.160. The van der Waals surface area contributed by atoms with Crippen LogP contribution in [0.25, 0.3) is 0 Å². The van der Waals surface area contributed by atoms with E-state index in [9.17, 15) is 13.2 Å². The van der Waals surface area contributed by atoms with Gasteiger partial charge < -0.3 is 4.74 Å². The van der Waals surface area contributed by atoms with Gasteiger partial charge in [0.2, 0.25) is 11.2 Å². The highest BCUT2D eigenvalue weighted by Crippen LogP contribution is 2.36. The van der Waals surface area contributed by atoms with E-state index in [0.717, 1.165) is 18.2 Å². The predicted octanol–water partition coefficient (Wildman–Crippen LogP) is 4.59. The van der Waals surface area contributed by atoms with Crippen molar-refractivity contribution in [3.8, 4) is 11.6 Å². The molecule has 0 fully saturated rings. The maximum atomic E-state index is 12.6. The summed E-state index contributed by atoms with van der Waals surface area (Å²) in [6, 6.07) is 4.10. The van der Waals surface area contributed by atoms with Crippen molar-refractivity contribution in [3.05, 3.63) is 46.3 Å². The molecule has 1 aromatic carbocycles. The first-order valence-electron chi connectivity index (χ1n) is 4.89. The molecule has 2 aromatic rings. The summed E-state index contributed by atoms with van der Waals surface area (Å²) in [7, 11) is 0. The van der Waals surface area contributed by atoms with E-state index in [1.807, 2.05) is 0 Å². The average Bonchev–Trinajstić information content (AvgIpc) is 2.30. The van der Waals surface area contributed by atoms with Gasteiger partial charge in [-0.3, -0.25) is 0 Å². The Morgan fingerprint density at radius 2 is 1.84 bits per heavy atom. The van der Waals surface area contributed by atoms with E-state index >= 15 is 0 Å². The summed E-state index contributed by atoms with van der Waals surface area (Å²) in [4.78, 5) is 7.32. The molecule has 19 heavy (non-hydrogen) atoms. The summed E-state index contributed by atoms with van der Waals surface area (Å²) in [6.45, 7) is 0. The lowest BCUT2D eigenvalue weighted by Gasteiger charge is -2.11. The lowest BCUT2D eigenvalue weighted by atomic mass is 10.2. The fraction of sp³-hybridized carbons (Fsp3) is 0.0909. The van der Waals surface area contributed by atoms with Crippen LogP contribution < -0.4 is 4.74 Å². The number of ether oxygens (including phenoxy) is 1. The maximum absolute atomic E-state index is 12.6. The number of rotatable bonds is 2. The van der Waals surface area contributed by atoms with Gasteiger partial charge in [0.05, 0.1) is 10.6 Å². The van der Waals surface area contributed by atoms with Crippen LogP contribution in [0.5, 0.6) is 11.6 Å². The molecule has 0 unspecified atom stereocenters. The molecular formula is C11H5Cl2F3N2O. The topological polar surface area (TPSA) is 35.0 Å². The molecule has 0 bridgehead atoms. The van der Waals surface area contributed by atoms with Crippen molar-refractivity contribution >= 4 is 23.2 Å². The quantitative estimate of drug-likeness (QED) is 0.761. The zero-order valence-electron chi connectivity index (χ0n) is 9.08. The standard InChI is InChI=1S/C11H5Cl2F3N2O/c12-7-2-1-6(11(14,15)16)5-8(7)19-9-3-4-17-10(13)18-9/h1-5H. The monoisotopic (exact) mass is 308 g/mol. The summed E-state index contributed by atoms with van der Waals surface area (Å²) in [5, 5.41) is -0.0525. The molecule has 0 aliphatic heterocycles. The van der Waals surface area contributed by atoms with E-state index in [2.05, 4.69) is 9.97 Å². The van der Waals surface area contributed by atoms with E-state index in [1.54, 1.807) is 0 Å². The average molecular weight is 309 g/mol. The third kappa shape index (κ3) is 3.48. The number of benzene rings is 1. The van der Waals surface area contributed by atoms with Crippen molar-refractivity contribution in [1.29, 1.82) is 0 Å². The van der Waals surface area contributed by atoms with Crippen LogP contribution in [0.1, 0.15) is 5.56 Å². The molecule has 0 spiro atoms. The summed E-state index contributed by atoms with van der Waals surface area (Å²) in [5.41, 5.74) is -0.868. The number of hydrogen-bond donors (Lipinski definition) is 0. The molecule has 0 saturated carbocycles. The summed E-state index contributed by atoms with van der Waals surface area (Å²) >= 11 is 11.3. The molecule has 0 atom stereocenters. The van der Waals surface area contributed by atoms with Gasteiger partial charge in [0, 0.05) is 12.3 Å². The largest absolute Gasteiger partial charge is 0.437 e. The molecular weight excluding hydrogens is 304 g/mol. The zero-order valence-corrected chi connectivity index (χ0v) is 10.6. The van der Waals surface area contributed by atoms with Crippen LogP contribution in [-0.4, -0.2) is 9.97 Å².